The van der Waals surface area contributed by atoms with Gasteiger partial charge in [0.2, 0.25) is 0 Å². The van der Waals surface area contributed by atoms with E-state index in [9.17, 15) is 0 Å². The van der Waals surface area contributed by atoms with Gasteiger partial charge in [-0.05, 0) is 18.6 Å². The summed E-state index contributed by atoms with van der Waals surface area (Å²) in [5, 5.41) is 4.13. The van der Waals surface area contributed by atoms with Crippen LogP contribution < -0.4 is 0 Å². The van der Waals surface area contributed by atoms with Crippen molar-refractivity contribution >= 4 is 11.0 Å². The molecule has 0 aromatic carbocycles. The number of fused-ring (bicyclic) bond motifs is 1. The zero-order valence-electron chi connectivity index (χ0n) is 9.99. The number of rotatable bonds is 1. The minimum Gasteiger partial charge on any atom is -0.266 e. The van der Waals surface area contributed by atoms with Crippen LogP contribution in [-0.2, 0) is 13.5 Å². The summed E-state index contributed by atoms with van der Waals surface area (Å²) < 4.78 is 1.84. The van der Waals surface area contributed by atoms with Gasteiger partial charge in [0.05, 0.1) is 11.7 Å². The summed E-state index contributed by atoms with van der Waals surface area (Å²) in [4.78, 5) is 4.43. The van der Waals surface area contributed by atoms with Crippen LogP contribution in [0.4, 0.5) is 0 Å². The Balaban J connectivity index is 0.000000337. The first-order valence-corrected chi connectivity index (χ1v) is 5.50. The zero-order chi connectivity index (χ0) is 11.3. The molecular weight excluding hydrogens is 186 g/mol. The highest BCUT2D eigenvalue weighted by Crippen LogP contribution is 2.10. The van der Waals surface area contributed by atoms with E-state index in [1.165, 1.54) is 6.42 Å². The maximum absolute atomic E-state index is 4.43. The van der Waals surface area contributed by atoms with E-state index in [4.69, 9.17) is 0 Å². The highest BCUT2D eigenvalue weighted by atomic mass is 15.3. The van der Waals surface area contributed by atoms with E-state index >= 15 is 0 Å². The summed E-state index contributed by atoms with van der Waals surface area (Å²) in [6.07, 6.45) is 4.03. The van der Waals surface area contributed by atoms with Gasteiger partial charge in [-0.25, -0.2) is 4.98 Å². The quantitative estimate of drug-likeness (QED) is 0.716. The molecule has 0 aliphatic heterocycles. The molecule has 0 radical (unpaired) electrons. The maximum atomic E-state index is 4.43. The lowest BCUT2D eigenvalue weighted by atomic mass is 10.3. The van der Waals surface area contributed by atoms with E-state index in [2.05, 4.69) is 36.9 Å². The van der Waals surface area contributed by atoms with Crippen molar-refractivity contribution in [1.29, 1.82) is 0 Å². The number of hydrogen-bond donors (Lipinski definition) is 0. The summed E-state index contributed by atoms with van der Waals surface area (Å²) in [6, 6.07) is 4.11. The first kappa shape index (κ1) is 11.7. The Labute approximate surface area is 91.1 Å². The standard InChI is InChI=1S/C9H11N3.C3H8/c1-3-7-4-5-9-8(11-7)6-10-12(9)2;1-3-2/h4-6H,3H2,1-2H3;3H2,1-2H3. The van der Waals surface area contributed by atoms with Gasteiger partial charge in [-0.2, -0.15) is 5.10 Å². The van der Waals surface area contributed by atoms with Crippen molar-refractivity contribution in [2.45, 2.75) is 33.6 Å². The molecule has 0 aliphatic carbocycles. The van der Waals surface area contributed by atoms with Gasteiger partial charge in [0.1, 0.15) is 5.52 Å². The Morgan fingerprint density at radius 2 is 1.87 bits per heavy atom. The number of aromatic nitrogens is 3. The fourth-order valence-corrected chi connectivity index (χ4v) is 1.28. The second kappa shape index (κ2) is 5.49. The van der Waals surface area contributed by atoms with Crippen LogP contribution >= 0.6 is 0 Å². The predicted molar refractivity (Wildman–Crippen MR) is 63.9 cm³/mol. The normalized spacial score (nSPS) is 9.87. The van der Waals surface area contributed by atoms with E-state index in [-0.39, 0.29) is 0 Å². The molecule has 0 unspecified atom stereocenters. The average molecular weight is 205 g/mol. The molecule has 0 aliphatic rings. The Morgan fingerprint density at radius 1 is 1.20 bits per heavy atom. The fourth-order valence-electron chi connectivity index (χ4n) is 1.28. The Morgan fingerprint density at radius 3 is 2.47 bits per heavy atom. The second-order valence-electron chi connectivity index (χ2n) is 3.54. The maximum Gasteiger partial charge on any atom is 0.109 e. The van der Waals surface area contributed by atoms with Crippen molar-refractivity contribution in [3.63, 3.8) is 0 Å². The monoisotopic (exact) mass is 205 g/mol. The molecule has 2 heterocycles. The molecule has 0 spiro atoms. The summed E-state index contributed by atoms with van der Waals surface area (Å²) in [7, 11) is 1.93. The Bertz CT molecular complexity index is 418. The second-order valence-corrected chi connectivity index (χ2v) is 3.54. The summed E-state index contributed by atoms with van der Waals surface area (Å²) in [5.74, 6) is 0. The molecular formula is C12H19N3. The van der Waals surface area contributed by atoms with Gasteiger partial charge in [-0.3, -0.25) is 4.68 Å². The minimum absolute atomic E-state index is 0.977. The van der Waals surface area contributed by atoms with Crippen molar-refractivity contribution < 1.29 is 0 Å². The molecule has 0 atom stereocenters. The SMILES string of the molecule is CCC.CCc1ccc2c(cnn2C)n1. The van der Waals surface area contributed by atoms with E-state index in [0.717, 1.165) is 23.1 Å². The molecule has 0 saturated heterocycles. The molecule has 15 heavy (non-hydrogen) atoms. The molecule has 3 heteroatoms. The van der Waals surface area contributed by atoms with Crippen molar-refractivity contribution in [1.82, 2.24) is 14.8 Å². The van der Waals surface area contributed by atoms with Crippen molar-refractivity contribution in [3.8, 4) is 0 Å². The summed E-state index contributed by atoms with van der Waals surface area (Å²) >= 11 is 0. The van der Waals surface area contributed by atoms with Gasteiger partial charge in [0.25, 0.3) is 0 Å². The Kier molecular flexibility index (Phi) is 4.28. The third kappa shape index (κ3) is 2.78. The topological polar surface area (TPSA) is 30.7 Å². The van der Waals surface area contributed by atoms with Crippen LogP contribution in [-0.4, -0.2) is 14.8 Å². The first-order valence-electron chi connectivity index (χ1n) is 5.50. The number of hydrogen-bond acceptors (Lipinski definition) is 2. The van der Waals surface area contributed by atoms with Crippen molar-refractivity contribution in [2.75, 3.05) is 0 Å². The van der Waals surface area contributed by atoms with Crippen LogP contribution in [0.5, 0.6) is 0 Å². The smallest absolute Gasteiger partial charge is 0.109 e. The fraction of sp³-hybridized carbons (Fsp3) is 0.500. The number of nitrogens with zero attached hydrogens (tertiary/aromatic N) is 3. The van der Waals surface area contributed by atoms with Crippen LogP contribution in [0.15, 0.2) is 18.3 Å². The lowest BCUT2D eigenvalue weighted by Crippen LogP contribution is -1.90. The molecule has 2 aromatic rings. The molecule has 0 saturated carbocycles. The van der Waals surface area contributed by atoms with Crippen molar-refractivity contribution in [3.05, 3.63) is 24.0 Å². The molecule has 2 aromatic heterocycles. The van der Waals surface area contributed by atoms with Gasteiger partial charge >= 0.3 is 0 Å². The van der Waals surface area contributed by atoms with Crippen LogP contribution in [0.2, 0.25) is 0 Å². The van der Waals surface area contributed by atoms with Gasteiger partial charge < -0.3 is 0 Å². The predicted octanol–water partition coefficient (Wildman–Crippen LogP) is 2.95. The third-order valence-electron chi connectivity index (χ3n) is 2.02. The summed E-state index contributed by atoms with van der Waals surface area (Å²) in [5.41, 5.74) is 3.19. The molecule has 0 fully saturated rings. The van der Waals surface area contributed by atoms with Gasteiger partial charge in [0, 0.05) is 12.7 Å². The number of pyridine rings is 1. The van der Waals surface area contributed by atoms with Gasteiger partial charge in [-0.1, -0.05) is 27.2 Å². The lowest BCUT2D eigenvalue weighted by molar-refractivity contribution is 0.797. The molecule has 2 rings (SSSR count). The van der Waals surface area contributed by atoms with Crippen LogP contribution in [0.1, 0.15) is 32.9 Å². The van der Waals surface area contributed by atoms with E-state index in [1.807, 2.05) is 17.8 Å². The van der Waals surface area contributed by atoms with Crippen LogP contribution in [0.25, 0.3) is 11.0 Å². The largest absolute Gasteiger partial charge is 0.266 e. The van der Waals surface area contributed by atoms with Crippen LogP contribution in [0.3, 0.4) is 0 Å². The van der Waals surface area contributed by atoms with Crippen LogP contribution in [0, 0.1) is 0 Å². The first-order chi connectivity index (χ1) is 7.22. The highest BCUT2D eigenvalue weighted by Gasteiger charge is 1.99. The highest BCUT2D eigenvalue weighted by molar-refractivity contribution is 5.73. The minimum atomic E-state index is 0.977. The molecule has 82 valence electrons. The van der Waals surface area contributed by atoms with Gasteiger partial charge in [0.15, 0.2) is 0 Å². The van der Waals surface area contributed by atoms with Gasteiger partial charge in [-0.15, -0.1) is 0 Å². The van der Waals surface area contributed by atoms with E-state index < -0.39 is 0 Å². The molecule has 0 amide bonds. The average Bonchev–Trinajstić information content (AvgIpc) is 2.61. The number of aryl methyl sites for hydroxylation is 2. The zero-order valence-corrected chi connectivity index (χ0v) is 9.99. The molecule has 0 N–H and O–H groups in total. The summed E-state index contributed by atoms with van der Waals surface area (Å²) in [6.45, 7) is 6.35. The third-order valence-corrected chi connectivity index (χ3v) is 2.02. The van der Waals surface area contributed by atoms with E-state index in [1.54, 1.807) is 6.20 Å². The van der Waals surface area contributed by atoms with Crippen molar-refractivity contribution in [2.24, 2.45) is 7.05 Å². The molecule has 3 nitrogen and oxygen atoms in total. The van der Waals surface area contributed by atoms with E-state index in [0.29, 0.717) is 0 Å². The Hall–Kier alpha value is -1.38. The lowest BCUT2D eigenvalue weighted by Gasteiger charge is -1.95. The molecule has 0 bridgehead atoms.